The number of nitrogens with zero attached hydrogens (tertiary/aromatic N) is 4. The first-order chi connectivity index (χ1) is 11.0. The molecule has 0 radical (unpaired) electrons. The van der Waals surface area contributed by atoms with E-state index in [0.29, 0.717) is 11.2 Å². The molecule has 1 fully saturated rings. The summed E-state index contributed by atoms with van der Waals surface area (Å²) in [6.07, 6.45) is -1.53. The van der Waals surface area contributed by atoms with Crippen molar-refractivity contribution in [3.05, 3.63) is 12.7 Å². The Morgan fingerprint density at radius 2 is 2.22 bits per heavy atom. The third-order valence-electron chi connectivity index (χ3n) is 3.40. The number of amides is 1. The van der Waals surface area contributed by atoms with Gasteiger partial charge in [-0.2, -0.15) is 0 Å². The molecule has 0 aromatic carbocycles. The summed E-state index contributed by atoms with van der Waals surface area (Å²) in [5.41, 5.74) is 8.57. The minimum absolute atomic E-state index is 0.132. The number of imidazole rings is 1. The highest BCUT2D eigenvalue weighted by Gasteiger charge is 2.44. The Morgan fingerprint density at radius 1 is 1.43 bits per heavy atom. The van der Waals surface area contributed by atoms with Gasteiger partial charge in [0.05, 0.1) is 6.33 Å². The number of rotatable bonds is 4. The second kappa shape index (κ2) is 6.48. The summed E-state index contributed by atoms with van der Waals surface area (Å²) in [5, 5.41) is 20.3. The van der Waals surface area contributed by atoms with Crippen LogP contribution in [0.5, 0.6) is 0 Å². The summed E-state index contributed by atoms with van der Waals surface area (Å²) in [6, 6.07) is 0. The second-order valence-electron chi connectivity index (χ2n) is 4.82. The maximum atomic E-state index is 10.8. The van der Waals surface area contributed by atoms with Crippen LogP contribution in [-0.4, -0.2) is 58.6 Å². The van der Waals surface area contributed by atoms with Crippen molar-refractivity contribution in [1.29, 1.82) is 0 Å². The average molecular weight is 436 g/mol. The number of halogens is 1. The molecular weight excluding hydrogens is 423 g/mol. The maximum absolute atomic E-state index is 10.8. The van der Waals surface area contributed by atoms with Crippen molar-refractivity contribution in [2.75, 3.05) is 12.3 Å². The van der Waals surface area contributed by atoms with E-state index in [1.54, 1.807) is 0 Å². The second-order valence-corrected chi connectivity index (χ2v) is 5.80. The van der Waals surface area contributed by atoms with Crippen LogP contribution in [0, 0.1) is 0 Å². The number of nitrogens with two attached hydrogens (primary N) is 1. The molecule has 1 amide bonds. The van der Waals surface area contributed by atoms with E-state index in [9.17, 15) is 15.0 Å². The number of ether oxygens (including phenoxy) is 1. The minimum Gasteiger partial charge on any atom is -0.387 e. The first-order valence-electron chi connectivity index (χ1n) is 6.51. The lowest BCUT2D eigenvalue weighted by molar-refractivity contribution is -0.0770. The fourth-order valence-corrected chi connectivity index (χ4v) is 2.49. The summed E-state index contributed by atoms with van der Waals surface area (Å²) in [7, 11) is 0. The van der Waals surface area contributed by atoms with Gasteiger partial charge in [-0.3, -0.25) is 14.2 Å². The van der Waals surface area contributed by atoms with E-state index in [1.807, 2.05) is 0 Å². The maximum Gasteiger partial charge on any atom is 0.304 e. The molecule has 2 aromatic heterocycles. The lowest BCUT2D eigenvalue weighted by Gasteiger charge is -2.16. The van der Waals surface area contributed by atoms with Crippen molar-refractivity contribution < 1.29 is 24.6 Å². The Bertz CT molecular complexity index is 726. The number of fused-ring (bicyclic) bond motifs is 1. The number of nitrogens with one attached hydrogen (secondary N) is 1. The molecule has 3 rings (SSSR count). The zero-order valence-corrected chi connectivity index (χ0v) is 13.7. The molecule has 124 valence electrons. The summed E-state index contributed by atoms with van der Waals surface area (Å²) in [5.74, 6) is 0.200. The van der Waals surface area contributed by atoms with Crippen molar-refractivity contribution in [2.45, 2.75) is 24.5 Å². The van der Waals surface area contributed by atoms with Gasteiger partial charge >= 0.3 is 3.91 Å². The van der Waals surface area contributed by atoms with Gasteiger partial charge in [0, 0.05) is 22.6 Å². The zero-order valence-electron chi connectivity index (χ0n) is 11.5. The summed E-state index contributed by atoms with van der Waals surface area (Å²) < 4.78 is 6.64. The molecule has 5 N–H and O–H groups in total. The highest BCUT2D eigenvalue weighted by molar-refractivity contribution is 14.1. The van der Waals surface area contributed by atoms with Crippen LogP contribution >= 0.6 is 22.6 Å². The Labute approximate surface area is 142 Å². The van der Waals surface area contributed by atoms with Crippen molar-refractivity contribution >= 4 is 43.5 Å². The predicted octanol–water partition coefficient (Wildman–Crippen LogP) is -0.896. The average Bonchev–Trinajstić information content (AvgIpc) is 3.04. The van der Waals surface area contributed by atoms with Gasteiger partial charge in [0.25, 0.3) is 0 Å². The normalized spacial score (nSPS) is 27.4. The van der Waals surface area contributed by atoms with Crippen LogP contribution in [-0.2, 0) is 9.57 Å². The molecule has 2 aromatic rings. The van der Waals surface area contributed by atoms with Gasteiger partial charge in [0.15, 0.2) is 17.7 Å². The van der Waals surface area contributed by atoms with E-state index < -0.39 is 28.5 Å². The van der Waals surface area contributed by atoms with E-state index in [1.165, 1.54) is 39.8 Å². The van der Waals surface area contributed by atoms with Crippen molar-refractivity contribution in [3.63, 3.8) is 0 Å². The van der Waals surface area contributed by atoms with Crippen LogP contribution in [0.1, 0.15) is 6.23 Å². The Morgan fingerprint density at radius 3 is 2.96 bits per heavy atom. The number of aliphatic hydroxyl groups is 2. The summed E-state index contributed by atoms with van der Waals surface area (Å²) in [4.78, 5) is 27.6. The number of carbonyl (C=O) groups is 1. The van der Waals surface area contributed by atoms with Crippen molar-refractivity contribution in [2.24, 2.45) is 0 Å². The number of hydrogen-bond donors (Lipinski definition) is 4. The minimum atomic E-state index is -1.23. The fraction of sp³-hybridized carbons (Fsp3) is 0.455. The first-order valence-corrected chi connectivity index (χ1v) is 7.58. The molecule has 0 spiro atoms. The fourth-order valence-electron chi connectivity index (χ4n) is 2.33. The number of aromatic nitrogens is 4. The molecule has 11 nitrogen and oxygen atoms in total. The molecule has 4 atom stereocenters. The van der Waals surface area contributed by atoms with E-state index in [4.69, 9.17) is 15.3 Å². The number of aliphatic hydroxyl groups excluding tert-OH is 2. The zero-order chi connectivity index (χ0) is 16.6. The van der Waals surface area contributed by atoms with Gasteiger partial charge in [-0.1, -0.05) is 0 Å². The Hall–Kier alpha value is -1.61. The van der Waals surface area contributed by atoms with Crippen LogP contribution in [0.4, 0.5) is 10.6 Å². The SMILES string of the molecule is Nc1ncnc2c1ncn2[C@@H]1O[C@H](CONC(=O)I)[C@@H](O)[C@H]1O. The number of anilines is 1. The van der Waals surface area contributed by atoms with E-state index in [0.717, 1.165) is 0 Å². The smallest absolute Gasteiger partial charge is 0.304 e. The van der Waals surface area contributed by atoms with E-state index in [-0.39, 0.29) is 12.4 Å². The number of hydroxylamine groups is 1. The monoisotopic (exact) mass is 436 g/mol. The van der Waals surface area contributed by atoms with Gasteiger partial charge in [0.1, 0.15) is 36.8 Å². The Kier molecular flexibility index (Phi) is 4.58. The first kappa shape index (κ1) is 16.3. The molecule has 12 heteroatoms. The molecule has 1 aliphatic rings. The van der Waals surface area contributed by atoms with E-state index >= 15 is 0 Å². The lowest BCUT2D eigenvalue weighted by atomic mass is 10.1. The molecule has 0 bridgehead atoms. The number of nitrogen functional groups attached to an aromatic ring is 1. The topological polar surface area (TPSA) is 158 Å². The third-order valence-corrected chi connectivity index (χ3v) is 3.62. The summed E-state index contributed by atoms with van der Waals surface area (Å²) >= 11 is 1.50. The standard InChI is InChI=1S/C11H13IN6O5/c12-11(21)17-22-1-4-6(19)7(20)10(23-4)18-3-16-5-8(13)14-2-15-9(5)18/h2-4,6-7,10,19-20H,1H2,(H,17,21)(H2,13,14,15)/t4-,6-,7-,10-/m1/s1. The summed E-state index contributed by atoms with van der Waals surface area (Å²) in [6.45, 7) is -0.132. The van der Waals surface area contributed by atoms with Crippen LogP contribution in [0.2, 0.25) is 0 Å². The number of carbonyl (C=O) groups excluding carboxylic acids is 1. The largest absolute Gasteiger partial charge is 0.387 e. The van der Waals surface area contributed by atoms with Gasteiger partial charge in [-0.25, -0.2) is 20.4 Å². The molecule has 0 aliphatic carbocycles. The van der Waals surface area contributed by atoms with Crippen LogP contribution in [0.3, 0.4) is 0 Å². The molecule has 23 heavy (non-hydrogen) atoms. The molecular formula is C11H13IN6O5. The van der Waals surface area contributed by atoms with Crippen LogP contribution < -0.4 is 11.2 Å². The van der Waals surface area contributed by atoms with Gasteiger partial charge in [0.2, 0.25) is 0 Å². The van der Waals surface area contributed by atoms with Gasteiger partial charge < -0.3 is 20.7 Å². The van der Waals surface area contributed by atoms with Crippen LogP contribution in [0.25, 0.3) is 11.2 Å². The Balaban J connectivity index is 1.80. The van der Waals surface area contributed by atoms with Crippen molar-refractivity contribution in [1.82, 2.24) is 25.0 Å². The van der Waals surface area contributed by atoms with E-state index in [2.05, 4.69) is 20.4 Å². The molecule has 3 heterocycles. The molecule has 1 aliphatic heterocycles. The van der Waals surface area contributed by atoms with Crippen molar-refractivity contribution in [3.8, 4) is 0 Å². The number of hydrogen-bond acceptors (Lipinski definition) is 9. The van der Waals surface area contributed by atoms with Gasteiger partial charge in [-0.15, -0.1) is 0 Å². The molecule has 0 saturated carbocycles. The predicted molar refractivity (Wildman–Crippen MR) is 84.2 cm³/mol. The molecule has 1 saturated heterocycles. The molecule has 0 unspecified atom stereocenters. The van der Waals surface area contributed by atoms with Gasteiger partial charge in [-0.05, 0) is 0 Å². The lowest BCUT2D eigenvalue weighted by Crippen LogP contribution is -2.35. The van der Waals surface area contributed by atoms with Crippen LogP contribution in [0.15, 0.2) is 12.7 Å². The third kappa shape index (κ3) is 3.07. The highest BCUT2D eigenvalue weighted by Crippen LogP contribution is 2.31. The highest BCUT2D eigenvalue weighted by atomic mass is 127. The quantitative estimate of drug-likeness (QED) is 0.206.